The van der Waals surface area contributed by atoms with Crippen molar-refractivity contribution >= 4 is 38.6 Å². The molecule has 182 valence electrons. The van der Waals surface area contributed by atoms with Crippen molar-refractivity contribution < 1.29 is 4.39 Å². The van der Waals surface area contributed by atoms with E-state index in [9.17, 15) is 4.39 Å². The molecule has 0 amide bonds. The molecule has 0 fully saturated rings. The Morgan fingerprint density at radius 3 is 2.41 bits per heavy atom. The highest BCUT2D eigenvalue weighted by Gasteiger charge is 2.18. The second-order valence-electron chi connectivity index (χ2n) is 8.92. The lowest BCUT2D eigenvalue weighted by Crippen LogP contribution is -2.02. The molecular weight excluding hydrogens is 551 g/mol. The molecule has 0 saturated heterocycles. The van der Waals surface area contributed by atoms with Crippen molar-refractivity contribution in [2.24, 2.45) is 0 Å². The van der Waals surface area contributed by atoms with Crippen LogP contribution in [0.15, 0.2) is 95.6 Å². The number of aryl methyl sites for hydroxylation is 1. The molecule has 0 unspecified atom stereocenters. The molecule has 4 aromatic carbocycles. The summed E-state index contributed by atoms with van der Waals surface area (Å²) in [6, 6.07) is 29.4. The van der Waals surface area contributed by atoms with E-state index in [4.69, 9.17) is 16.6 Å². The van der Waals surface area contributed by atoms with Crippen LogP contribution in [0, 0.1) is 12.7 Å². The molecule has 2 heterocycles. The fraction of sp³-hybridized carbons (Fsp3) is 0.0667. The quantitative estimate of drug-likeness (QED) is 0.225. The van der Waals surface area contributed by atoms with Crippen LogP contribution in [0.3, 0.4) is 0 Å². The fourth-order valence-corrected chi connectivity index (χ4v) is 5.30. The number of nitrogens with zero attached hydrogens (tertiary/aromatic N) is 3. The summed E-state index contributed by atoms with van der Waals surface area (Å²) in [6.07, 6.45) is 0. The van der Waals surface area contributed by atoms with Crippen molar-refractivity contribution in [3.8, 4) is 34.0 Å². The number of halogens is 3. The van der Waals surface area contributed by atoms with Crippen molar-refractivity contribution in [2.45, 2.75) is 13.5 Å². The smallest absolute Gasteiger partial charge is 0.143 e. The Morgan fingerprint density at radius 2 is 1.65 bits per heavy atom. The molecule has 0 spiro atoms. The molecule has 2 aromatic heterocycles. The van der Waals surface area contributed by atoms with Gasteiger partial charge in [-0.3, -0.25) is 0 Å². The summed E-state index contributed by atoms with van der Waals surface area (Å²) in [7, 11) is 0. The van der Waals surface area contributed by atoms with Gasteiger partial charge in [-0.25, -0.2) is 14.4 Å². The largest absolute Gasteiger partial charge is 0.332 e. The Morgan fingerprint density at radius 1 is 0.892 bits per heavy atom. The molecule has 37 heavy (non-hydrogen) atoms. The lowest BCUT2D eigenvalue weighted by atomic mass is 10.1. The summed E-state index contributed by atoms with van der Waals surface area (Å²) >= 11 is 9.79. The second kappa shape index (κ2) is 9.61. The van der Waals surface area contributed by atoms with E-state index in [1.54, 1.807) is 12.1 Å². The molecule has 6 rings (SSSR count). The summed E-state index contributed by atoms with van der Waals surface area (Å²) in [5, 5.41) is 0.302. The van der Waals surface area contributed by atoms with Gasteiger partial charge >= 0.3 is 0 Å². The zero-order valence-electron chi connectivity index (χ0n) is 19.8. The van der Waals surface area contributed by atoms with Crippen LogP contribution in [0.2, 0.25) is 5.02 Å². The normalized spacial score (nSPS) is 11.4. The summed E-state index contributed by atoms with van der Waals surface area (Å²) in [4.78, 5) is 12.7. The Balaban J connectivity index is 1.40. The van der Waals surface area contributed by atoms with E-state index >= 15 is 0 Å². The van der Waals surface area contributed by atoms with E-state index in [0.717, 1.165) is 34.5 Å². The number of aromatic amines is 1. The van der Waals surface area contributed by atoms with Crippen LogP contribution in [0.25, 0.3) is 45.1 Å². The average molecular weight is 572 g/mol. The first kappa shape index (κ1) is 23.6. The van der Waals surface area contributed by atoms with Crippen LogP contribution in [0.4, 0.5) is 4.39 Å². The zero-order valence-corrected chi connectivity index (χ0v) is 22.2. The maximum absolute atomic E-state index is 14.5. The third-order valence-electron chi connectivity index (χ3n) is 6.36. The molecule has 7 heteroatoms. The monoisotopic (exact) mass is 570 g/mol. The number of aromatic nitrogens is 4. The number of nitrogens with one attached hydrogen (secondary N) is 1. The number of benzene rings is 4. The number of H-pyrrole nitrogens is 1. The molecule has 1 N–H and O–H groups in total. The van der Waals surface area contributed by atoms with E-state index in [-0.39, 0.29) is 5.56 Å². The first-order valence-corrected chi connectivity index (χ1v) is 13.0. The van der Waals surface area contributed by atoms with Crippen LogP contribution in [-0.4, -0.2) is 19.5 Å². The summed E-state index contributed by atoms with van der Waals surface area (Å²) in [6.45, 7) is 2.81. The van der Waals surface area contributed by atoms with Crippen molar-refractivity contribution in [1.29, 1.82) is 0 Å². The minimum Gasteiger partial charge on any atom is -0.332 e. The van der Waals surface area contributed by atoms with Gasteiger partial charge in [0.05, 0.1) is 21.6 Å². The maximum Gasteiger partial charge on any atom is 0.143 e. The minimum atomic E-state index is -0.428. The summed E-state index contributed by atoms with van der Waals surface area (Å²) in [5.41, 5.74) is 7.27. The van der Waals surface area contributed by atoms with Gasteiger partial charge in [0.15, 0.2) is 0 Å². The van der Waals surface area contributed by atoms with Crippen molar-refractivity contribution in [3.05, 3.63) is 118 Å². The highest BCUT2D eigenvalue weighted by atomic mass is 79.9. The van der Waals surface area contributed by atoms with Gasteiger partial charge in [0.2, 0.25) is 0 Å². The van der Waals surface area contributed by atoms with E-state index in [1.165, 1.54) is 17.2 Å². The summed E-state index contributed by atoms with van der Waals surface area (Å²) < 4.78 is 17.4. The maximum atomic E-state index is 14.5. The molecular formula is C30H21BrClFN4. The Labute approximate surface area is 226 Å². The van der Waals surface area contributed by atoms with E-state index < -0.39 is 5.82 Å². The number of hydrogen-bond donors (Lipinski definition) is 1. The van der Waals surface area contributed by atoms with Gasteiger partial charge in [-0.15, -0.1) is 0 Å². The standard InChI is InChI=1S/C30H21BrClFN4/c1-18-10-15-24-25(16-18)37(17-19-6-3-2-4-7-19)30(34-24)21-13-11-20(12-14-21)27-28(31)36-29(35-27)26-22(32)8-5-9-23(26)33/h2-16H,17H2,1H3,(H,35,36). The zero-order chi connectivity index (χ0) is 25.5. The van der Waals surface area contributed by atoms with Crippen LogP contribution in [0.5, 0.6) is 0 Å². The number of rotatable bonds is 5. The van der Waals surface area contributed by atoms with Gasteiger partial charge in [-0.05, 0) is 58.2 Å². The molecule has 4 nitrogen and oxygen atoms in total. The molecule has 0 radical (unpaired) electrons. The van der Waals surface area contributed by atoms with Crippen LogP contribution >= 0.6 is 27.5 Å². The highest BCUT2D eigenvalue weighted by Crippen LogP contribution is 2.35. The van der Waals surface area contributed by atoms with Gasteiger partial charge in [-0.1, -0.05) is 78.3 Å². The van der Waals surface area contributed by atoms with Gasteiger partial charge in [0.1, 0.15) is 27.8 Å². The third-order valence-corrected chi connectivity index (χ3v) is 7.25. The Hall–Kier alpha value is -3.74. The molecule has 0 aliphatic carbocycles. The number of fused-ring (bicyclic) bond motifs is 1. The first-order valence-electron chi connectivity index (χ1n) is 11.8. The molecule has 0 aliphatic heterocycles. The van der Waals surface area contributed by atoms with E-state index in [0.29, 0.717) is 21.1 Å². The van der Waals surface area contributed by atoms with Crippen molar-refractivity contribution in [1.82, 2.24) is 19.5 Å². The van der Waals surface area contributed by atoms with Crippen LogP contribution in [0.1, 0.15) is 11.1 Å². The lowest BCUT2D eigenvalue weighted by molar-refractivity contribution is 0.630. The van der Waals surface area contributed by atoms with E-state index in [2.05, 4.69) is 79.9 Å². The van der Waals surface area contributed by atoms with Crippen LogP contribution < -0.4 is 0 Å². The number of imidazole rings is 2. The highest BCUT2D eigenvalue weighted by molar-refractivity contribution is 9.10. The molecule has 0 atom stereocenters. The average Bonchev–Trinajstić information content (AvgIpc) is 3.45. The molecule has 0 aliphatic rings. The SMILES string of the molecule is Cc1ccc2nc(-c3ccc(-c4nc(-c5c(F)cccc5Cl)[nH]c4Br)cc3)n(Cc3ccccc3)c2c1. The topological polar surface area (TPSA) is 46.5 Å². The number of hydrogen-bond acceptors (Lipinski definition) is 2. The fourth-order valence-electron chi connectivity index (χ4n) is 4.54. The lowest BCUT2D eigenvalue weighted by Gasteiger charge is -2.10. The molecule has 0 bridgehead atoms. The van der Waals surface area contributed by atoms with Gasteiger partial charge in [-0.2, -0.15) is 0 Å². The Kier molecular flexibility index (Phi) is 6.14. The van der Waals surface area contributed by atoms with Gasteiger partial charge < -0.3 is 9.55 Å². The molecule has 6 aromatic rings. The molecule has 0 saturated carbocycles. The second-order valence-corrected chi connectivity index (χ2v) is 10.1. The minimum absolute atomic E-state index is 0.248. The van der Waals surface area contributed by atoms with Crippen LogP contribution in [-0.2, 0) is 6.54 Å². The Bertz CT molecular complexity index is 1720. The predicted octanol–water partition coefficient (Wildman–Crippen LogP) is 8.67. The van der Waals surface area contributed by atoms with Gasteiger partial charge in [0.25, 0.3) is 0 Å². The van der Waals surface area contributed by atoms with Crippen molar-refractivity contribution in [3.63, 3.8) is 0 Å². The van der Waals surface area contributed by atoms with Crippen molar-refractivity contribution in [2.75, 3.05) is 0 Å². The van der Waals surface area contributed by atoms with E-state index in [1.807, 2.05) is 30.3 Å². The van der Waals surface area contributed by atoms with Gasteiger partial charge in [0, 0.05) is 17.7 Å². The first-order chi connectivity index (χ1) is 18.0. The predicted molar refractivity (Wildman–Crippen MR) is 151 cm³/mol. The third kappa shape index (κ3) is 4.47. The summed E-state index contributed by atoms with van der Waals surface area (Å²) in [5.74, 6) is 0.841.